The Balaban J connectivity index is 2.56. The zero-order chi connectivity index (χ0) is 13.4. The number of halogens is 1. The van der Waals surface area contributed by atoms with Crippen molar-refractivity contribution in [3.63, 3.8) is 0 Å². The van der Waals surface area contributed by atoms with Gasteiger partial charge in [0.1, 0.15) is 0 Å². The Kier molecular flexibility index (Phi) is 5.96. The van der Waals surface area contributed by atoms with E-state index in [4.69, 9.17) is 16.9 Å². The Labute approximate surface area is 112 Å². The lowest BCUT2D eigenvalue weighted by molar-refractivity contribution is -0.121. The Hall–Kier alpha value is -1.79. The van der Waals surface area contributed by atoms with E-state index in [1.54, 1.807) is 24.3 Å². The molecule has 0 aliphatic heterocycles. The minimum absolute atomic E-state index is 0.0721. The van der Waals surface area contributed by atoms with Gasteiger partial charge in [-0.3, -0.25) is 4.79 Å². The molecule has 4 heteroatoms. The zero-order valence-electron chi connectivity index (χ0n) is 10.0. The molecule has 1 rings (SSSR count). The van der Waals surface area contributed by atoms with Gasteiger partial charge in [-0.05, 0) is 24.1 Å². The van der Waals surface area contributed by atoms with E-state index < -0.39 is 0 Å². The molecule has 0 fully saturated rings. The average molecular weight is 263 g/mol. The molecule has 1 aromatic rings. The molecule has 0 aromatic heterocycles. The van der Waals surface area contributed by atoms with Crippen molar-refractivity contribution in [3.05, 3.63) is 47.5 Å². The molecule has 0 spiro atoms. The first-order valence-electron chi connectivity index (χ1n) is 5.70. The van der Waals surface area contributed by atoms with E-state index in [0.717, 1.165) is 5.56 Å². The summed E-state index contributed by atoms with van der Waals surface area (Å²) < 4.78 is 0. The first kappa shape index (κ1) is 14.3. The third kappa shape index (κ3) is 4.60. The number of benzene rings is 1. The summed E-state index contributed by atoms with van der Waals surface area (Å²) in [6.45, 7) is 3.97. The fourth-order valence-corrected chi connectivity index (χ4v) is 1.78. The summed E-state index contributed by atoms with van der Waals surface area (Å²) in [4.78, 5) is 11.4. The smallest absolute Gasteiger partial charge is 0.220 e. The number of nitrogens with one attached hydrogen (secondary N) is 1. The van der Waals surface area contributed by atoms with Crippen molar-refractivity contribution in [1.29, 1.82) is 5.26 Å². The Morgan fingerprint density at radius 1 is 1.61 bits per heavy atom. The van der Waals surface area contributed by atoms with Crippen molar-refractivity contribution in [1.82, 2.24) is 5.32 Å². The van der Waals surface area contributed by atoms with Crippen LogP contribution in [0.2, 0.25) is 5.02 Å². The zero-order valence-corrected chi connectivity index (χ0v) is 10.8. The van der Waals surface area contributed by atoms with Gasteiger partial charge in [-0.1, -0.05) is 29.8 Å². The number of hydrogen-bond donors (Lipinski definition) is 1. The van der Waals surface area contributed by atoms with Crippen LogP contribution in [-0.2, 0) is 4.79 Å². The van der Waals surface area contributed by atoms with Crippen LogP contribution in [0, 0.1) is 11.3 Å². The van der Waals surface area contributed by atoms with Gasteiger partial charge in [-0.15, -0.1) is 6.58 Å². The number of carbonyl (C=O) groups excluding carboxylic acids is 1. The number of rotatable bonds is 6. The van der Waals surface area contributed by atoms with Gasteiger partial charge in [0.2, 0.25) is 5.91 Å². The largest absolute Gasteiger partial charge is 0.353 e. The summed E-state index contributed by atoms with van der Waals surface area (Å²) in [5, 5.41) is 12.4. The van der Waals surface area contributed by atoms with Crippen LogP contribution < -0.4 is 5.32 Å². The van der Waals surface area contributed by atoms with Gasteiger partial charge in [0.15, 0.2) is 0 Å². The Morgan fingerprint density at radius 2 is 2.39 bits per heavy atom. The van der Waals surface area contributed by atoms with Gasteiger partial charge in [-0.25, -0.2) is 0 Å². The molecule has 1 unspecified atom stereocenters. The summed E-state index contributed by atoms with van der Waals surface area (Å²) in [5.41, 5.74) is 0.849. The van der Waals surface area contributed by atoms with Crippen molar-refractivity contribution < 1.29 is 4.79 Å². The predicted molar refractivity (Wildman–Crippen MR) is 72.2 cm³/mol. The topological polar surface area (TPSA) is 52.9 Å². The molecular formula is C14H15ClN2O. The van der Waals surface area contributed by atoms with E-state index in [9.17, 15) is 4.79 Å². The molecule has 1 aromatic carbocycles. The van der Waals surface area contributed by atoms with E-state index in [-0.39, 0.29) is 11.8 Å². The molecule has 0 heterocycles. The molecule has 0 aliphatic carbocycles. The highest BCUT2D eigenvalue weighted by Gasteiger charge is 2.12. The summed E-state index contributed by atoms with van der Waals surface area (Å²) in [7, 11) is 0. The highest BCUT2D eigenvalue weighted by molar-refractivity contribution is 6.30. The fraction of sp³-hybridized carbons (Fsp3) is 0.286. The second-order valence-corrected chi connectivity index (χ2v) is 4.30. The van der Waals surface area contributed by atoms with E-state index in [2.05, 4.69) is 18.0 Å². The second-order valence-electron chi connectivity index (χ2n) is 3.87. The monoisotopic (exact) mass is 262 g/mol. The van der Waals surface area contributed by atoms with Gasteiger partial charge in [0.25, 0.3) is 0 Å². The summed E-state index contributed by atoms with van der Waals surface area (Å²) in [5.74, 6) is -0.379. The van der Waals surface area contributed by atoms with E-state index in [1.807, 2.05) is 6.07 Å². The highest BCUT2D eigenvalue weighted by atomic mass is 35.5. The minimum Gasteiger partial charge on any atom is -0.353 e. The third-order valence-corrected chi connectivity index (χ3v) is 2.75. The summed E-state index contributed by atoms with van der Waals surface area (Å²) >= 11 is 5.88. The van der Waals surface area contributed by atoms with E-state index in [1.165, 1.54) is 0 Å². The molecule has 18 heavy (non-hydrogen) atoms. The van der Waals surface area contributed by atoms with Crippen LogP contribution in [0.3, 0.4) is 0 Å². The molecule has 0 saturated heterocycles. The van der Waals surface area contributed by atoms with Gasteiger partial charge in [0.05, 0.1) is 12.0 Å². The van der Waals surface area contributed by atoms with Crippen molar-refractivity contribution in [2.75, 3.05) is 6.54 Å². The van der Waals surface area contributed by atoms with Crippen LogP contribution in [0.5, 0.6) is 0 Å². The SMILES string of the molecule is C=CCNC(=O)CCC(C#N)c1cccc(Cl)c1. The fourth-order valence-electron chi connectivity index (χ4n) is 1.58. The number of amides is 1. The molecule has 0 radical (unpaired) electrons. The minimum atomic E-state index is -0.307. The molecule has 3 nitrogen and oxygen atoms in total. The standard InChI is InChI=1S/C14H15ClN2O/c1-2-8-17-14(18)7-6-12(10-16)11-4-3-5-13(15)9-11/h2-5,9,12H,1,6-8H2,(H,17,18). The molecule has 0 bridgehead atoms. The molecule has 1 amide bonds. The lowest BCUT2D eigenvalue weighted by Crippen LogP contribution is -2.23. The van der Waals surface area contributed by atoms with Crippen molar-refractivity contribution in [2.24, 2.45) is 0 Å². The number of nitriles is 1. The average Bonchev–Trinajstić information content (AvgIpc) is 2.37. The number of carbonyl (C=O) groups is 1. The van der Waals surface area contributed by atoms with Crippen LogP contribution in [0.25, 0.3) is 0 Å². The van der Waals surface area contributed by atoms with Gasteiger partial charge in [-0.2, -0.15) is 5.26 Å². The molecular weight excluding hydrogens is 248 g/mol. The normalized spacial score (nSPS) is 11.3. The molecule has 1 N–H and O–H groups in total. The first-order chi connectivity index (χ1) is 8.67. The van der Waals surface area contributed by atoms with Crippen molar-refractivity contribution in [2.45, 2.75) is 18.8 Å². The van der Waals surface area contributed by atoms with Gasteiger partial charge < -0.3 is 5.32 Å². The third-order valence-electron chi connectivity index (χ3n) is 2.51. The van der Waals surface area contributed by atoms with E-state index in [0.29, 0.717) is 24.4 Å². The van der Waals surface area contributed by atoms with Crippen LogP contribution in [0.4, 0.5) is 0 Å². The highest BCUT2D eigenvalue weighted by Crippen LogP contribution is 2.23. The maximum absolute atomic E-state index is 11.4. The second kappa shape index (κ2) is 7.52. The molecule has 0 saturated carbocycles. The molecule has 0 aliphatic rings. The van der Waals surface area contributed by atoms with Crippen LogP contribution in [0.1, 0.15) is 24.3 Å². The first-order valence-corrected chi connectivity index (χ1v) is 6.08. The van der Waals surface area contributed by atoms with Gasteiger partial charge in [0, 0.05) is 18.0 Å². The van der Waals surface area contributed by atoms with Crippen molar-refractivity contribution in [3.8, 4) is 6.07 Å². The maximum Gasteiger partial charge on any atom is 0.220 e. The summed E-state index contributed by atoms with van der Waals surface area (Å²) in [6.07, 6.45) is 2.43. The number of nitrogens with zero attached hydrogens (tertiary/aromatic N) is 1. The Morgan fingerprint density at radius 3 is 3.00 bits per heavy atom. The van der Waals surface area contributed by atoms with E-state index >= 15 is 0 Å². The molecule has 94 valence electrons. The van der Waals surface area contributed by atoms with Crippen molar-refractivity contribution >= 4 is 17.5 Å². The summed E-state index contributed by atoms with van der Waals surface area (Å²) in [6, 6.07) is 9.37. The van der Waals surface area contributed by atoms with Gasteiger partial charge >= 0.3 is 0 Å². The van der Waals surface area contributed by atoms with Crippen LogP contribution in [0.15, 0.2) is 36.9 Å². The Bertz CT molecular complexity index is 465. The molecule has 1 atom stereocenters. The maximum atomic E-state index is 11.4. The van der Waals surface area contributed by atoms with Crippen LogP contribution in [-0.4, -0.2) is 12.5 Å². The predicted octanol–water partition coefficient (Wildman–Crippen LogP) is 3.03. The number of hydrogen-bond acceptors (Lipinski definition) is 2. The quantitative estimate of drug-likeness (QED) is 0.801. The van der Waals surface area contributed by atoms with Crippen LogP contribution >= 0.6 is 11.6 Å². The lowest BCUT2D eigenvalue weighted by atomic mass is 9.95. The lowest BCUT2D eigenvalue weighted by Gasteiger charge is -2.09.